The molecule has 0 bridgehead atoms. The molecule has 2 aliphatic rings. The number of rotatable bonds is 2. The molecule has 2 aromatic rings. The quantitative estimate of drug-likeness (QED) is 0.504. The highest BCUT2D eigenvalue weighted by Crippen LogP contribution is 2.29. The second kappa shape index (κ2) is 6.34. The summed E-state index contributed by atoms with van der Waals surface area (Å²) >= 11 is 5.09. The molecule has 1 N–H and O–H groups in total. The number of fused-ring (bicyclic) bond motifs is 1. The van der Waals surface area contributed by atoms with Gasteiger partial charge in [-0.05, 0) is 42.4 Å². The Bertz CT molecular complexity index is 973. The van der Waals surface area contributed by atoms with E-state index in [2.05, 4.69) is 5.32 Å². The number of nitrogens with zero attached hydrogens (tertiary/aromatic N) is 2. The van der Waals surface area contributed by atoms with Crippen molar-refractivity contribution in [2.24, 2.45) is 0 Å². The van der Waals surface area contributed by atoms with E-state index in [-0.39, 0.29) is 16.4 Å². The van der Waals surface area contributed by atoms with Gasteiger partial charge in [0.15, 0.2) is 5.11 Å². The molecule has 1 saturated heterocycles. The maximum absolute atomic E-state index is 14.2. The lowest BCUT2D eigenvalue weighted by Gasteiger charge is -2.29. The molecule has 2 aromatic carbocycles. The van der Waals surface area contributed by atoms with E-state index in [1.165, 1.54) is 24.4 Å². The molecule has 7 heteroatoms. The number of halogens is 1. The minimum Gasteiger partial charge on any atom is -0.346 e. The molecule has 0 radical (unpaired) electrons. The number of anilines is 2. The standard InChI is InChI=1S/C19H14FN3O2S/c20-14-6-2-4-8-16(14)23-18(25)13(17(24)21-19(23)26)11-22-10-9-12-5-1-3-7-15(12)22/h1-8,11H,9-10H2,(H,21,24,26)/b13-11-. The molecule has 26 heavy (non-hydrogen) atoms. The molecule has 0 atom stereocenters. The van der Waals surface area contributed by atoms with E-state index in [1.54, 1.807) is 6.07 Å². The Balaban J connectivity index is 1.73. The van der Waals surface area contributed by atoms with Crippen LogP contribution in [-0.2, 0) is 16.0 Å². The third-order valence-corrected chi connectivity index (χ3v) is 4.69. The first-order valence-electron chi connectivity index (χ1n) is 8.07. The Morgan fingerprint density at radius 2 is 1.73 bits per heavy atom. The van der Waals surface area contributed by atoms with E-state index >= 15 is 0 Å². The molecule has 5 nitrogen and oxygen atoms in total. The zero-order chi connectivity index (χ0) is 18.3. The number of hydrogen-bond acceptors (Lipinski definition) is 4. The number of amides is 2. The second-order valence-corrected chi connectivity index (χ2v) is 6.35. The van der Waals surface area contributed by atoms with Crippen LogP contribution < -0.4 is 15.1 Å². The topological polar surface area (TPSA) is 52.7 Å². The van der Waals surface area contributed by atoms with Crippen LogP contribution in [0.25, 0.3) is 0 Å². The van der Waals surface area contributed by atoms with Gasteiger partial charge in [-0.3, -0.25) is 14.9 Å². The van der Waals surface area contributed by atoms with Crippen molar-refractivity contribution in [2.45, 2.75) is 6.42 Å². The van der Waals surface area contributed by atoms with Crippen molar-refractivity contribution < 1.29 is 14.0 Å². The van der Waals surface area contributed by atoms with Crippen LogP contribution in [0.5, 0.6) is 0 Å². The molecular weight excluding hydrogens is 353 g/mol. The van der Waals surface area contributed by atoms with E-state index in [0.29, 0.717) is 6.54 Å². The molecule has 2 aliphatic heterocycles. The smallest absolute Gasteiger partial charge is 0.271 e. The summed E-state index contributed by atoms with van der Waals surface area (Å²) in [6, 6.07) is 13.6. The van der Waals surface area contributed by atoms with Crippen molar-refractivity contribution in [3.63, 3.8) is 0 Å². The number of carbonyl (C=O) groups excluding carboxylic acids is 2. The van der Waals surface area contributed by atoms with Gasteiger partial charge < -0.3 is 4.90 Å². The van der Waals surface area contributed by atoms with Gasteiger partial charge in [0, 0.05) is 18.4 Å². The Kier molecular flexibility index (Phi) is 4.00. The number of thiocarbonyl (C=S) groups is 1. The van der Waals surface area contributed by atoms with Crippen molar-refractivity contribution in [1.29, 1.82) is 0 Å². The van der Waals surface area contributed by atoms with Crippen molar-refractivity contribution in [2.75, 3.05) is 16.3 Å². The zero-order valence-corrected chi connectivity index (χ0v) is 14.4. The highest BCUT2D eigenvalue weighted by molar-refractivity contribution is 7.80. The molecule has 2 amide bonds. The molecule has 4 rings (SSSR count). The summed E-state index contributed by atoms with van der Waals surface area (Å²) in [6.45, 7) is 0.660. The monoisotopic (exact) mass is 367 g/mol. The number of hydrogen-bond donors (Lipinski definition) is 1. The summed E-state index contributed by atoms with van der Waals surface area (Å²) in [7, 11) is 0. The molecule has 0 unspecified atom stereocenters. The molecular formula is C19H14FN3O2S. The first-order chi connectivity index (χ1) is 12.6. The Morgan fingerprint density at radius 3 is 2.50 bits per heavy atom. The average Bonchev–Trinajstić information content (AvgIpc) is 3.03. The predicted octanol–water partition coefficient (Wildman–Crippen LogP) is 2.52. The predicted molar refractivity (Wildman–Crippen MR) is 100 cm³/mol. The number of carbonyl (C=O) groups is 2. The van der Waals surface area contributed by atoms with E-state index in [9.17, 15) is 14.0 Å². The molecule has 0 aliphatic carbocycles. The van der Waals surface area contributed by atoms with E-state index in [4.69, 9.17) is 12.2 Å². The van der Waals surface area contributed by atoms with Crippen LogP contribution in [0.4, 0.5) is 15.8 Å². The SMILES string of the molecule is O=C1NC(=S)N(c2ccccc2F)C(=O)/C1=C\N1CCc2ccccc21. The lowest BCUT2D eigenvalue weighted by molar-refractivity contribution is -0.122. The summed E-state index contributed by atoms with van der Waals surface area (Å²) in [5, 5.41) is 2.33. The first kappa shape index (κ1) is 16.4. The second-order valence-electron chi connectivity index (χ2n) is 5.97. The lowest BCUT2D eigenvalue weighted by Crippen LogP contribution is -2.55. The van der Waals surface area contributed by atoms with Gasteiger partial charge in [0.1, 0.15) is 11.4 Å². The highest BCUT2D eigenvalue weighted by atomic mass is 32.1. The third-order valence-electron chi connectivity index (χ3n) is 4.40. The Labute approximate surface area is 154 Å². The number of nitrogens with one attached hydrogen (secondary N) is 1. The summed E-state index contributed by atoms with van der Waals surface area (Å²) in [5.74, 6) is -1.82. The first-order valence-corrected chi connectivity index (χ1v) is 8.48. The normalized spacial score (nSPS) is 18.3. The van der Waals surface area contributed by atoms with E-state index in [0.717, 1.165) is 22.6 Å². The number of benzene rings is 2. The highest BCUT2D eigenvalue weighted by Gasteiger charge is 2.36. The van der Waals surface area contributed by atoms with Gasteiger partial charge in [-0.15, -0.1) is 0 Å². The van der Waals surface area contributed by atoms with Crippen molar-refractivity contribution in [1.82, 2.24) is 5.32 Å². The molecule has 0 spiro atoms. The van der Waals surface area contributed by atoms with Gasteiger partial charge >= 0.3 is 0 Å². The van der Waals surface area contributed by atoms with Gasteiger partial charge in [0.05, 0.1) is 5.69 Å². The molecule has 0 saturated carbocycles. The maximum atomic E-state index is 14.2. The zero-order valence-electron chi connectivity index (χ0n) is 13.6. The maximum Gasteiger partial charge on any atom is 0.271 e. The molecule has 2 heterocycles. The van der Waals surface area contributed by atoms with Gasteiger partial charge in [-0.25, -0.2) is 9.29 Å². The van der Waals surface area contributed by atoms with Gasteiger partial charge in [-0.2, -0.15) is 0 Å². The minimum atomic E-state index is -0.645. The van der Waals surface area contributed by atoms with Crippen LogP contribution in [-0.4, -0.2) is 23.5 Å². The summed E-state index contributed by atoms with van der Waals surface area (Å²) < 4.78 is 14.2. The van der Waals surface area contributed by atoms with Crippen LogP contribution in [0, 0.1) is 5.82 Å². The van der Waals surface area contributed by atoms with Crippen molar-refractivity contribution in [3.8, 4) is 0 Å². The average molecular weight is 367 g/mol. The molecule has 1 fully saturated rings. The fraction of sp³-hybridized carbons (Fsp3) is 0.105. The van der Waals surface area contributed by atoms with Gasteiger partial charge in [0.25, 0.3) is 11.8 Å². The van der Waals surface area contributed by atoms with Crippen LogP contribution in [0.1, 0.15) is 5.56 Å². The van der Waals surface area contributed by atoms with Crippen molar-refractivity contribution in [3.05, 3.63) is 71.7 Å². The summed E-state index contributed by atoms with van der Waals surface area (Å²) in [6.07, 6.45) is 2.34. The fourth-order valence-corrected chi connectivity index (χ4v) is 3.42. The van der Waals surface area contributed by atoms with Crippen LogP contribution in [0.3, 0.4) is 0 Å². The van der Waals surface area contributed by atoms with Crippen LogP contribution >= 0.6 is 12.2 Å². The molecule has 130 valence electrons. The van der Waals surface area contributed by atoms with Crippen LogP contribution in [0.2, 0.25) is 0 Å². The van der Waals surface area contributed by atoms with Crippen molar-refractivity contribution >= 4 is 40.5 Å². The Morgan fingerprint density at radius 1 is 1.04 bits per heavy atom. The third kappa shape index (κ3) is 2.66. The van der Waals surface area contributed by atoms with E-state index in [1.807, 2.05) is 29.2 Å². The Hall–Kier alpha value is -3.06. The van der Waals surface area contributed by atoms with Crippen LogP contribution in [0.15, 0.2) is 60.3 Å². The number of para-hydroxylation sites is 2. The molecule has 0 aromatic heterocycles. The summed E-state index contributed by atoms with van der Waals surface area (Å²) in [5.41, 5.74) is 2.02. The van der Waals surface area contributed by atoms with Gasteiger partial charge in [-0.1, -0.05) is 30.3 Å². The van der Waals surface area contributed by atoms with E-state index < -0.39 is 17.6 Å². The lowest BCUT2D eigenvalue weighted by atomic mass is 10.1. The summed E-state index contributed by atoms with van der Waals surface area (Å²) in [4.78, 5) is 28.1. The van der Waals surface area contributed by atoms with Gasteiger partial charge in [0.2, 0.25) is 0 Å². The largest absolute Gasteiger partial charge is 0.346 e. The fourth-order valence-electron chi connectivity index (χ4n) is 3.15. The minimum absolute atomic E-state index is 0.00946.